The molecule has 0 radical (unpaired) electrons. The third-order valence-electron chi connectivity index (χ3n) is 3.86. The fourth-order valence-electron chi connectivity index (χ4n) is 2.58. The molecule has 0 N–H and O–H groups in total. The molecular weight excluding hydrogens is 380 g/mol. The van der Waals surface area contributed by atoms with Crippen molar-refractivity contribution in [2.45, 2.75) is 15.3 Å². The van der Waals surface area contributed by atoms with Crippen LogP contribution in [0.25, 0.3) is 21.3 Å². The van der Waals surface area contributed by atoms with E-state index in [1.807, 2.05) is 48.5 Å². The van der Waals surface area contributed by atoms with Crippen molar-refractivity contribution in [2.75, 3.05) is 7.11 Å². The van der Waals surface area contributed by atoms with Crippen molar-refractivity contribution in [2.24, 2.45) is 0 Å². The molecule has 0 saturated heterocycles. The Morgan fingerprint density at radius 2 is 1.74 bits per heavy atom. The third-order valence-corrected chi connectivity index (χ3v) is 5.95. The molecule has 1 atom stereocenters. The Balaban J connectivity index is 1.85. The van der Waals surface area contributed by atoms with Crippen LogP contribution in [0, 0.1) is 11.3 Å². The summed E-state index contributed by atoms with van der Waals surface area (Å²) in [5, 5.41) is 9.99. The maximum atomic E-state index is 12.1. The second kappa shape index (κ2) is 7.31. The molecule has 0 amide bonds. The molecule has 27 heavy (non-hydrogen) atoms. The maximum Gasteiger partial charge on any atom is 0.329 e. The van der Waals surface area contributed by atoms with E-state index in [0.717, 1.165) is 14.6 Å². The molecule has 2 heterocycles. The van der Waals surface area contributed by atoms with E-state index in [2.05, 4.69) is 15.0 Å². The van der Waals surface area contributed by atoms with Gasteiger partial charge in [-0.2, -0.15) is 5.26 Å². The molecule has 0 spiro atoms. The van der Waals surface area contributed by atoms with Crippen LogP contribution in [0.4, 0.5) is 0 Å². The van der Waals surface area contributed by atoms with Crippen molar-refractivity contribution >= 4 is 50.3 Å². The molecular formula is C19H12N4O2S2. The Labute approximate surface area is 162 Å². The van der Waals surface area contributed by atoms with E-state index in [4.69, 9.17) is 4.74 Å². The summed E-state index contributed by atoms with van der Waals surface area (Å²) in [7, 11) is 1.25. The summed E-state index contributed by atoms with van der Waals surface area (Å²) in [6, 6.07) is 17.1. The molecule has 1 unspecified atom stereocenters. The number of nitrogens with zero attached hydrogens (tertiary/aromatic N) is 4. The number of methoxy groups -OCH3 is 1. The van der Waals surface area contributed by atoms with E-state index in [9.17, 15) is 10.1 Å². The first-order valence-corrected chi connectivity index (χ1v) is 9.60. The first-order chi connectivity index (χ1) is 13.2. The highest BCUT2D eigenvalue weighted by Crippen LogP contribution is 2.37. The van der Waals surface area contributed by atoms with Crippen LogP contribution in [-0.2, 0) is 9.53 Å². The van der Waals surface area contributed by atoms with Crippen molar-refractivity contribution in [3.05, 3.63) is 54.2 Å². The lowest BCUT2D eigenvalue weighted by Crippen LogP contribution is -2.15. The molecule has 0 aliphatic heterocycles. The second-order valence-electron chi connectivity index (χ2n) is 5.54. The number of para-hydroxylation sites is 3. The van der Waals surface area contributed by atoms with Crippen LogP contribution in [0.3, 0.4) is 0 Å². The molecule has 0 aliphatic rings. The number of fused-ring (bicyclic) bond motifs is 2. The highest BCUT2D eigenvalue weighted by molar-refractivity contribution is 8.01. The van der Waals surface area contributed by atoms with Gasteiger partial charge in [0.15, 0.2) is 10.3 Å². The summed E-state index contributed by atoms with van der Waals surface area (Å²) in [6.45, 7) is 0. The normalized spacial score (nSPS) is 12.0. The van der Waals surface area contributed by atoms with Gasteiger partial charge in [0, 0.05) is 0 Å². The summed E-state index contributed by atoms with van der Waals surface area (Å²) in [5.74, 6) is -1.81. The lowest BCUT2D eigenvalue weighted by atomic mass is 10.1. The molecule has 0 fully saturated rings. The second-order valence-corrected chi connectivity index (χ2v) is 7.80. The van der Waals surface area contributed by atoms with Crippen LogP contribution in [0.2, 0.25) is 0 Å². The van der Waals surface area contributed by atoms with Crippen molar-refractivity contribution < 1.29 is 9.53 Å². The zero-order valence-corrected chi connectivity index (χ0v) is 15.8. The molecule has 0 saturated carbocycles. The predicted octanol–water partition coefficient (Wildman–Crippen LogP) is 4.17. The van der Waals surface area contributed by atoms with Gasteiger partial charge in [0.25, 0.3) is 0 Å². The topological polar surface area (TPSA) is 88.8 Å². The summed E-state index contributed by atoms with van der Waals surface area (Å²) in [6.07, 6.45) is 0. The van der Waals surface area contributed by atoms with Crippen LogP contribution in [-0.4, -0.2) is 28.0 Å². The zero-order chi connectivity index (χ0) is 18.8. The van der Waals surface area contributed by atoms with E-state index in [1.165, 1.54) is 30.2 Å². The quantitative estimate of drug-likeness (QED) is 0.482. The van der Waals surface area contributed by atoms with Gasteiger partial charge in [-0.1, -0.05) is 24.3 Å². The van der Waals surface area contributed by atoms with Gasteiger partial charge >= 0.3 is 5.97 Å². The number of aromatic nitrogens is 3. The SMILES string of the molecule is COC(=O)C(C#N)c1nc2ccccc2nc1Sc1nc2ccccc2s1. The number of hydrogen-bond donors (Lipinski definition) is 0. The molecule has 2 aromatic carbocycles. The average Bonchev–Trinajstić information content (AvgIpc) is 3.11. The van der Waals surface area contributed by atoms with E-state index in [0.29, 0.717) is 16.1 Å². The van der Waals surface area contributed by atoms with Gasteiger partial charge in [0.2, 0.25) is 0 Å². The fraction of sp³-hybridized carbons (Fsp3) is 0.105. The van der Waals surface area contributed by atoms with Gasteiger partial charge in [0.05, 0.1) is 34.4 Å². The number of thiazole rings is 1. The van der Waals surface area contributed by atoms with Crippen molar-refractivity contribution in [3.8, 4) is 6.07 Å². The third kappa shape index (κ3) is 3.35. The van der Waals surface area contributed by atoms with Gasteiger partial charge < -0.3 is 4.74 Å². The van der Waals surface area contributed by atoms with Crippen LogP contribution < -0.4 is 0 Å². The minimum atomic E-state index is -1.15. The first kappa shape index (κ1) is 17.4. The standard InChI is InChI=1S/C19H12N4O2S2/c1-25-18(24)11(10-20)16-17(22-13-7-3-2-6-12(13)21-16)27-19-23-14-8-4-5-9-15(14)26-19/h2-9,11H,1H3. The van der Waals surface area contributed by atoms with Gasteiger partial charge in [-0.25, -0.2) is 15.0 Å². The maximum absolute atomic E-state index is 12.1. The Bertz CT molecular complexity index is 1170. The number of esters is 1. The predicted molar refractivity (Wildman–Crippen MR) is 104 cm³/mol. The zero-order valence-electron chi connectivity index (χ0n) is 14.1. The highest BCUT2D eigenvalue weighted by Gasteiger charge is 2.28. The number of rotatable bonds is 4. The number of hydrogen-bond acceptors (Lipinski definition) is 8. The molecule has 6 nitrogen and oxygen atoms in total. The Morgan fingerprint density at radius 3 is 2.41 bits per heavy atom. The molecule has 2 aromatic heterocycles. The summed E-state index contributed by atoms with van der Waals surface area (Å²) < 4.78 is 6.59. The minimum Gasteiger partial charge on any atom is -0.468 e. The molecule has 132 valence electrons. The summed E-state index contributed by atoms with van der Waals surface area (Å²) in [5.41, 5.74) is 2.48. The lowest BCUT2D eigenvalue weighted by molar-refractivity contribution is -0.141. The van der Waals surface area contributed by atoms with E-state index in [1.54, 1.807) is 6.07 Å². The largest absolute Gasteiger partial charge is 0.468 e. The van der Waals surface area contributed by atoms with Gasteiger partial charge in [-0.15, -0.1) is 11.3 Å². The van der Waals surface area contributed by atoms with Gasteiger partial charge in [-0.05, 0) is 36.0 Å². The number of ether oxygens (including phenoxy) is 1. The highest BCUT2D eigenvalue weighted by atomic mass is 32.2. The lowest BCUT2D eigenvalue weighted by Gasteiger charge is -2.11. The van der Waals surface area contributed by atoms with Crippen LogP contribution in [0.5, 0.6) is 0 Å². The number of benzene rings is 2. The van der Waals surface area contributed by atoms with Crippen LogP contribution in [0.15, 0.2) is 57.9 Å². The number of nitriles is 1. The van der Waals surface area contributed by atoms with E-state index in [-0.39, 0.29) is 5.69 Å². The van der Waals surface area contributed by atoms with Crippen molar-refractivity contribution in [1.82, 2.24) is 15.0 Å². The van der Waals surface area contributed by atoms with Crippen molar-refractivity contribution in [3.63, 3.8) is 0 Å². The Morgan fingerprint density at radius 1 is 1.07 bits per heavy atom. The fourth-order valence-corrected chi connectivity index (χ4v) is 4.67. The van der Waals surface area contributed by atoms with Gasteiger partial charge in [0.1, 0.15) is 10.7 Å². The number of carbonyl (C=O) groups excluding carboxylic acids is 1. The monoisotopic (exact) mass is 392 g/mol. The smallest absolute Gasteiger partial charge is 0.329 e. The van der Waals surface area contributed by atoms with E-state index < -0.39 is 11.9 Å². The Kier molecular flexibility index (Phi) is 4.71. The molecule has 0 aliphatic carbocycles. The molecule has 8 heteroatoms. The number of carbonyl (C=O) groups is 1. The first-order valence-electron chi connectivity index (χ1n) is 7.97. The van der Waals surface area contributed by atoms with Crippen LogP contribution in [0.1, 0.15) is 11.6 Å². The molecule has 4 rings (SSSR count). The van der Waals surface area contributed by atoms with Crippen LogP contribution >= 0.6 is 23.1 Å². The minimum absolute atomic E-state index is 0.285. The summed E-state index contributed by atoms with van der Waals surface area (Å²) in [4.78, 5) is 25.9. The molecule has 4 aromatic rings. The van der Waals surface area contributed by atoms with Crippen molar-refractivity contribution in [1.29, 1.82) is 5.26 Å². The molecule has 0 bridgehead atoms. The summed E-state index contributed by atoms with van der Waals surface area (Å²) >= 11 is 2.83. The van der Waals surface area contributed by atoms with E-state index >= 15 is 0 Å². The van der Waals surface area contributed by atoms with Gasteiger partial charge in [-0.3, -0.25) is 4.79 Å². The average molecular weight is 392 g/mol. The Hall–Kier alpha value is -3.02.